The molecule has 0 amide bonds. The molecule has 2 aromatic carbocycles. The number of methoxy groups -OCH3 is 2. The summed E-state index contributed by atoms with van der Waals surface area (Å²) in [6, 6.07) is 10.6. The number of alkyl halides is 3. The molecule has 1 aliphatic rings. The Bertz CT molecular complexity index is 1570. The molecule has 2 aromatic heterocycles. The van der Waals surface area contributed by atoms with Crippen LogP contribution in [0.4, 0.5) is 13.2 Å². The number of halogens is 3. The topological polar surface area (TPSA) is 62.1 Å². The van der Waals surface area contributed by atoms with E-state index in [9.17, 15) is 18.0 Å². The molecule has 9 heteroatoms. The molecule has 5 rings (SSSR count). The number of carbonyl (C=O) groups excluding carboxylic acids is 1. The molecule has 6 nitrogen and oxygen atoms in total. The minimum Gasteiger partial charge on any atom is -0.493 e. The molecular weight excluding hydrogens is 497 g/mol. The average Bonchev–Trinajstić information content (AvgIpc) is 3.26. The zero-order chi connectivity index (χ0) is 27.0. The van der Waals surface area contributed by atoms with E-state index in [1.54, 1.807) is 30.6 Å². The van der Waals surface area contributed by atoms with Crippen LogP contribution in [0.5, 0.6) is 11.5 Å². The van der Waals surface area contributed by atoms with E-state index in [1.165, 1.54) is 13.2 Å². The first-order chi connectivity index (χ1) is 18.3. The number of nitrogens with zero attached hydrogens (tertiary/aromatic N) is 2. The van der Waals surface area contributed by atoms with Crippen molar-refractivity contribution < 1.29 is 32.2 Å². The maximum atomic E-state index is 13.7. The molecule has 0 unspecified atom stereocenters. The highest BCUT2D eigenvalue weighted by Gasteiger charge is 2.33. The van der Waals surface area contributed by atoms with Crippen LogP contribution in [0.3, 0.4) is 0 Å². The Kier molecular flexibility index (Phi) is 6.77. The third-order valence-corrected chi connectivity index (χ3v) is 6.79. The second-order valence-corrected chi connectivity index (χ2v) is 9.06. The lowest BCUT2D eigenvalue weighted by atomic mass is 9.96. The van der Waals surface area contributed by atoms with Crippen molar-refractivity contribution in [3.63, 3.8) is 0 Å². The van der Waals surface area contributed by atoms with Crippen LogP contribution in [-0.2, 0) is 10.9 Å². The second-order valence-electron chi connectivity index (χ2n) is 9.06. The standard InChI is InChI=1S/C29H27F3N2O4/c1-4-38-28(35)26-20-12-11-19(29(30,31)32)15-23(20)34-22(17-8-6-5-7-9-17)16-21(33-27(26)34)18-10-13-24(36-2)25(14-18)37-3/h8,10-16H,4-7,9H2,1-3H3. The number of allylic oxidation sites excluding steroid dienone is 2. The zero-order valence-electron chi connectivity index (χ0n) is 21.3. The van der Waals surface area contributed by atoms with Crippen molar-refractivity contribution in [2.75, 3.05) is 20.8 Å². The summed E-state index contributed by atoms with van der Waals surface area (Å²) in [7, 11) is 3.08. The number of benzene rings is 2. The van der Waals surface area contributed by atoms with Gasteiger partial charge in [0.1, 0.15) is 5.56 Å². The fraction of sp³-hybridized carbons (Fsp3) is 0.310. The van der Waals surface area contributed by atoms with Crippen molar-refractivity contribution >= 4 is 28.1 Å². The number of hydrogen-bond acceptors (Lipinski definition) is 5. The van der Waals surface area contributed by atoms with E-state index in [-0.39, 0.29) is 23.3 Å². The number of aromatic nitrogens is 2. The molecule has 0 N–H and O–H groups in total. The zero-order valence-corrected chi connectivity index (χ0v) is 21.3. The fourth-order valence-corrected chi connectivity index (χ4v) is 5.00. The summed E-state index contributed by atoms with van der Waals surface area (Å²) in [5.74, 6) is 0.416. The molecule has 198 valence electrons. The van der Waals surface area contributed by atoms with Crippen molar-refractivity contribution in [2.45, 2.75) is 38.8 Å². The fourth-order valence-electron chi connectivity index (χ4n) is 5.00. The van der Waals surface area contributed by atoms with Crippen LogP contribution in [0, 0.1) is 0 Å². The number of carbonyl (C=O) groups is 1. The molecule has 2 heterocycles. The Morgan fingerprint density at radius 3 is 2.47 bits per heavy atom. The van der Waals surface area contributed by atoms with Gasteiger partial charge in [0, 0.05) is 10.9 Å². The van der Waals surface area contributed by atoms with Crippen LogP contribution in [0.2, 0.25) is 0 Å². The maximum absolute atomic E-state index is 13.7. The monoisotopic (exact) mass is 524 g/mol. The Balaban J connectivity index is 1.89. The van der Waals surface area contributed by atoms with E-state index in [0.717, 1.165) is 43.4 Å². The Labute approximate surface area is 217 Å². The van der Waals surface area contributed by atoms with Crippen LogP contribution >= 0.6 is 0 Å². The lowest BCUT2D eigenvalue weighted by Gasteiger charge is -2.17. The first-order valence-corrected chi connectivity index (χ1v) is 12.4. The van der Waals surface area contributed by atoms with E-state index >= 15 is 0 Å². The van der Waals surface area contributed by atoms with Gasteiger partial charge >= 0.3 is 12.1 Å². The quantitative estimate of drug-likeness (QED) is 0.247. The van der Waals surface area contributed by atoms with Crippen molar-refractivity contribution in [3.8, 4) is 22.8 Å². The molecule has 0 bridgehead atoms. The summed E-state index contributed by atoms with van der Waals surface area (Å²) >= 11 is 0. The first kappa shape index (κ1) is 25.6. The van der Waals surface area contributed by atoms with Gasteiger partial charge in [-0.1, -0.05) is 12.1 Å². The van der Waals surface area contributed by atoms with Crippen LogP contribution in [-0.4, -0.2) is 36.2 Å². The van der Waals surface area contributed by atoms with Gasteiger partial charge in [0.2, 0.25) is 0 Å². The molecule has 0 atom stereocenters. The number of fused-ring (bicyclic) bond motifs is 3. The summed E-state index contributed by atoms with van der Waals surface area (Å²) in [6.45, 7) is 1.80. The summed E-state index contributed by atoms with van der Waals surface area (Å²) in [5.41, 5.74) is 2.78. The Morgan fingerprint density at radius 2 is 1.82 bits per heavy atom. The lowest BCUT2D eigenvalue weighted by molar-refractivity contribution is -0.137. The van der Waals surface area contributed by atoms with E-state index in [2.05, 4.69) is 6.08 Å². The predicted molar refractivity (Wildman–Crippen MR) is 139 cm³/mol. The van der Waals surface area contributed by atoms with Crippen molar-refractivity contribution in [2.24, 2.45) is 0 Å². The summed E-state index contributed by atoms with van der Waals surface area (Å²) in [6.07, 6.45) is 1.19. The molecule has 0 radical (unpaired) electrons. The van der Waals surface area contributed by atoms with Gasteiger partial charge in [0.05, 0.1) is 43.3 Å². The summed E-state index contributed by atoms with van der Waals surface area (Å²) in [4.78, 5) is 18.0. The highest BCUT2D eigenvalue weighted by Crippen LogP contribution is 2.39. The first-order valence-electron chi connectivity index (χ1n) is 12.4. The van der Waals surface area contributed by atoms with Crippen LogP contribution in [0.25, 0.3) is 33.4 Å². The van der Waals surface area contributed by atoms with Gasteiger partial charge in [0.15, 0.2) is 17.1 Å². The summed E-state index contributed by atoms with van der Waals surface area (Å²) < 4.78 is 59.0. The van der Waals surface area contributed by atoms with Crippen molar-refractivity contribution in [3.05, 3.63) is 65.4 Å². The van der Waals surface area contributed by atoms with Gasteiger partial charge in [-0.05, 0) is 74.6 Å². The average molecular weight is 525 g/mol. The van der Waals surface area contributed by atoms with Crippen LogP contribution in [0.15, 0.2) is 48.5 Å². The van der Waals surface area contributed by atoms with Gasteiger partial charge in [-0.25, -0.2) is 9.78 Å². The Hall–Kier alpha value is -4.01. The lowest BCUT2D eigenvalue weighted by Crippen LogP contribution is -2.07. The molecule has 0 aliphatic heterocycles. The minimum atomic E-state index is -4.54. The maximum Gasteiger partial charge on any atom is 0.416 e. The summed E-state index contributed by atoms with van der Waals surface area (Å²) in [5, 5.41) is 0.353. The molecular formula is C29H27F3N2O4. The molecule has 4 aromatic rings. The number of esters is 1. The highest BCUT2D eigenvalue weighted by atomic mass is 19.4. The van der Waals surface area contributed by atoms with E-state index in [1.807, 2.05) is 12.1 Å². The third kappa shape index (κ3) is 4.46. The van der Waals surface area contributed by atoms with Gasteiger partial charge in [-0.3, -0.25) is 4.40 Å². The SMILES string of the molecule is CCOC(=O)c1c2ccc(C(F)(F)F)cc2n2c(C3=CCCCC3)cc(-c3ccc(OC)c(OC)c3)nc12. The molecule has 38 heavy (non-hydrogen) atoms. The molecule has 0 fully saturated rings. The predicted octanol–water partition coefficient (Wildman–Crippen LogP) is 7.32. The van der Waals surface area contributed by atoms with Crippen LogP contribution < -0.4 is 9.47 Å². The van der Waals surface area contributed by atoms with Crippen molar-refractivity contribution in [1.82, 2.24) is 9.38 Å². The highest BCUT2D eigenvalue weighted by molar-refractivity contribution is 6.11. The van der Waals surface area contributed by atoms with E-state index < -0.39 is 17.7 Å². The van der Waals surface area contributed by atoms with Gasteiger partial charge < -0.3 is 14.2 Å². The van der Waals surface area contributed by atoms with Gasteiger partial charge in [-0.2, -0.15) is 13.2 Å². The minimum absolute atomic E-state index is 0.117. The smallest absolute Gasteiger partial charge is 0.416 e. The number of hydrogen-bond donors (Lipinski definition) is 0. The van der Waals surface area contributed by atoms with Gasteiger partial charge in [-0.15, -0.1) is 0 Å². The molecule has 0 spiro atoms. The third-order valence-electron chi connectivity index (χ3n) is 6.79. The Morgan fingerprint density at radius 1 is 1.03 bits per heavy atom. The van der Waals surface area contributed by atoms with E-state index in [4.69, 9.17) is 19.2 Å². The number of rotatable bonds is 6. The van der Waals surface area contributed by atoms with Gasteiger partial charge in [0.25, 0.3) is 0 Å². The van der Waals surface area contributed by atoms with E-state index in [0.29, 0.717) is 33.8 Å². The molecule has 0 saturated heterocycles. The second kappa shape index (κ2) is 10.0. The molecule has 0 saturated carbocycles. The van der Waals surface area contributed by atoms with Crippen LogP contribution in [0.1, 0.15) is 54.2 Å². The normalized spacial score (nSPS) is 14.0. The number of ether oxygens (including phenoxy) is 3. The van der Waals surface area contributed by atoms with Crippen molar-refractivity contribution in [1.29, 1.82) is 0 Å². The molecule has 1 aliphatic carbocycles. The largest absolute Gasteiger partial charge is 0.493 e.